The van der Waals surface area contributed by atoms with Crippen molar-refractivity contribution in [2.45, 2.75) is 6.42 Å². The highest BCUT2D eigenvalue weighted by Crippen LogP contribution is 2.23. The second-order valence-electron chi connectivity index (χ2n) is 5.92. The SMILES string of the molecule is O=C(OCC(=O)N1CC=C(c2ccccc2)CC1)c1cc(Br)ccc1O. The fourth-order valence-electron chi connectivity index (χ4n) is 2.78. The fourth-order valence-corrected chi connectivity index (χ4v) is 3.14. The molecule has 0 saturated carbocycles. The van der Waals surface area contributed by atoms with Gasteiger partial charge in [0.05, 0.1) is 0 Å². The number of rotatable bonds is 4. The molecule has 1 heterocycles. The third-order valence-corrected chi connectivity index (χ3v) is 4.70. The van der Waals surface area contributed by atoms with Crippen LogP contribution in [0.5, 0.6) is 5.75 Å². The van der Waals surface area contributed by atoms with Crippen LogP contribution in [0.15, 0.2) is 59.1 Å². The molecule has 134 valence electrons. The number of benzene rings is 2. The van der Waals surface area contributed by atoms with Gasteiger partial charge >= 0.3 is 5.97 Å². The monoisotopic (exact) mass is 415 g/mol. The van der Waals surface area contributed by atoms with Crippen molar-refractivity contribution in [3.05, 3.63) is 70.2 Å². The number of esters is 1. The minimum Gasteiger partial charge on any atom is -0.507 e. The summed E-state index contributed by atoms with van der Waals surface area (Å²) in [6, 6.07) is 14.5. The van der Waals surface area contributed by atoms with Gasteiger partial charge in [-0.15, -0.1) is 0 Å². The number of nitrogens with zero attached hydrogens (tertiary/aromatic N) is 1. The average molecular weight is 416 g/mol. The van der Waals surface area contributed by atoms with Crippen molar-refractivity contribution in [1.29, 1.82) is 0 Å². The predicted molar refractivity (Wildman–Crippen MR) is 102 cm³/mol. The molecular weight excluding hydrogens is 398 g/mol. The lowest BCUT2D eigenvalue weighted by Gasteiger charge is -2.26. The van der Waals surface area contributed by atoms with Gasteiger partial charge in [0.2, 0.25) is 0 Å². The topological polar surface area (TPSA) is 66.8 Å². The molecule has 0 radical (unpaired) electrons. The van der Waals surface area contributed by atoms with Gasteiger partial charge in [0.25, 0.3) is 5.91 Å². The fraction of sp³-hybridized carbons (Fsp3) is 0.200. The first kappa shape index (κ1) is 18.2. The van der Waals surface area contributed by atoms with Crippen LogP contribution < -0.4 is 0 Å². The highest BCUT2D eigenvalue weighted by atomic mass is 79.9. The zero-order chi connectivity index (χ0) is 18.5. The van der Waals surface area contributed by atoms with Crippen LogP contribution in [0.1, 0.15) is 22.3 Å². The minimum absolute atomic E-state index is 0.0251. The number of carbonyl (C=O) groups excluding carboxylic acids is 2. The highest BCUT2D eigenvalue weighted by Gasteiger charge is 2.20. The largest absolute Gasteiger partial charge is 0.507 e. The third-order valence-electron chi connectivity index (χ3n) is 4.21. The molecule has 1 aliphatic rings. The van der Waals surface area contributed by atoms with Crippen molar-refractivity contribution in [3.63, 3.8) is 0 Å². The van der Waals surface area contributed by atoms with Crippen molar-refractivity contribution in [3.8, 4) is 5.75 Å². The predicted octanol–water partition coefficient (Wildman–Crippen LogP) is 3.63. The standard InChI is InChI=1S/C20H18BrNO4/c21-16-6-7-18(23)17(12-16)20(25)26-13-19(24)22-10-8-15(9-11-22)14-4-2-1-3-5-14/h1-8,12,23H,9-11,13H2. The first-order valence-electron chi connectivity index (χ1n) is 8.22. The van der Waals surface area contributed by atoms with Crippen LogP contribution >= 0.6 is 15.9 Å². The molecule has 0 unspecified atom stereocenters. The zero-order valence-electron chi connectivity index (χ0n) is 14.0. The molecule has 6 heteroatoms. The Labute approximate surface area is 160 Å². The van der Waals surface area contributed by atoms with Gasteiger partial charge in [-0.05, 0) is 35.8 Å². The Kier molecular flexibility index (Phi) is 5.73. The second kappa shape index (κ2) is 8.19. The maximum absolute atomic E-state index is 12.3. The number of phenols is 1. The van der Waals surface area contributed by atoms with Crippen molar-refractivity contribution in [2.75, 3.05) is 19.7 Å². The molecule has 5 nitrogen and oxygen atoms in total. The molecule has 0 saturated heterocycles. The van der Waals surface area contributed by atoms with Gasteiger partial charge in [0, 0.05) is 17.6 Å². The Morgan fingerprint density at radius 3 is 2.62 bits per heavy atom. The summed E-state index contributed by atoms with van der Waals surface area (Å²) in [7, 11) is 0. The van der Waals surface area contributed by atoms with E-state index >= 15 is 0 Å². The summed E-state index contributed by atoms with van der Waals surface area (Å²) < 4.78 is 5.70. The van der Waals surface area contributed by atoms with Crippen LogP contribution in [0, 0.1) is 0 Å². The molecule has 0 aliphatic carbocycles. The number of amides is 1. The van der Waals surface area contributed by atoms with Gasteiger partial charge < -0.3 is 14.7 Å². The van der Waals surface area contributed by atoms with Crippen LogP contribution in [0.3, 0.4) is 0 Å². The highest BCUT2D eigenvalue weighted by molar-refractivity contribution is 9.10. The summed E-state index contributed by atoms with van der Waals surface area (Å²) in [6.07, 6.45) is 2.79. The van der Waals surface area contributed by atoms with Gasteiger partial charge in [-0.2, -0.15) is 0 Å². The van der Waals surface area contributed by atoms with Gasteiger partial charge in [0.1, 0.15) is 11.3 Å². The molecule has 2 aromatic carbocycles. The minimum atomic E-state index is -0.727. The number of phenolic OH excluding ortho intramolecular Hbond substituents is 1. The van der Waals surface area contributed by atoms with Crippen LogP contribution in [-0.4, -0.2) is 41.6 Å². The Balaban J connectivity index is 1.55. The summed E-state index contributed by atoms with van der Waals surface area (Å²) >= 11 is 3.23. The van der Waals surface area contributed by atoms with Crippen molar-refractivity contribution >= 4 is 33.4 Å². The van der Waals surface area contributed by atoms with E-state index in [0.717, 1.165) is 12.0 Å². The van der Waals surface area contributed by atoms with E-state index in [9.17, 15) is 14.7 Å². The van der Waals surface area contributed by atoms with E-state index in [2.05, 4.69) is 28.1 Å². The number of ether oxygens (including phenoxy) is 1. The lowest BCUT2D eigenvalue weighted by atomic mass is 10.00. The van der Waals surface area contributed by atoms with E-state index in [4.69, 9.17) is 4.74 Å². The summed E-state index contributed by atoms with van der Waals surface area (Å²) in [5, 5.41) is 9.73. The molecule has 1 N–H and O–H groups in total. The Morgan fingerprint density at radius 1 is 1.15 bits per heavy atom. The molecule has 3 rings (SSSR count). The van der Waals surface area contributed by atoms with Crippen LogP contribution in [0.2, 0.25) is 0 Å². The lowest BCUT2D eigenvalue weighted by molar-refractivity contribution is -0.134. The Bertz CT molecular complexity index is 848. The maximum Gasteiger partial charge on any atom is 0.342 e. The molecule has 0 fully saturated rings. The summed E-state index contributed by atoms with van der Waals surface area (Å²) in [6.45, 7) is 0.724. The van der Waals surface area contributed by atoms with Crippen LogP contribution in [-0.2, 0) is 9.53 Å². The molecule has 0 bridgehead atoms. The average Bonchev–Trinajstić information content (AvgIpc) is 2.68. The Hall–Kier alpha value is -2.60. The van der Waals surface area contributed by atoms with Gasteiger partial charge in [-0.25, -0.2) is 4.79 Å². The van der Waals surface area contributed by atoms with Crippen molar-refractivity contribution < 1.29 is 19.4 Å². The molecule has 0 aromatic heterocycles. The van der Waals surface area contributed by atoms with E-state index < -0.39 is 5.97 Å². The third kappa shape index (κ3) is 4.32. The normalized spacial score (nSPS) is 13.9. The summed E-state index contributed by atoms with van der Waals surface area (Å²) in [5.74, 6) is -1.16. The summed E-state index contributed by atoms with van der Waals surface area (Å²) in [5.41, 5.74) is 2.40. The maximum atomic E-state index is 12.3. The molecule has 1 aliphatic heterocycles. The van der Waals surface area contributed by atoms with Crippen molar-refractivity contribution in [2.24, 2.45) is 0 Å². The number of halogens is 1. The van der Waals surface area contributed by atoms with E-state index in [0.29, 0.717) is 17.6 Å². The van der Waals surface area contributed by atoms with E-state index in [1.807, 2.05) is 24.3 Å². The number of hydrogen-bond donors (Lipinski definition) is 1. The van der Waals surface area contributed by atoms with Crippen molar-refractivity contribution in [1.82, 2.24) is 4.90 Å². The smallest absolute Gasteiger partial charge is 0.342 e. The zero-order valence-corrected chi connectivity index (χ0v) is 15.6. The molecule has 0 spiro atoms. The molecule has 0 atom stereocenters. The van der Waals surface area contributed by atoms with Gasteiger partial charge in [-0.1, -0.05) is 52.3 Å². The quantitative estimate of drug-likeness (QED) is 0.774. The first-order valence-corrected chi connectivity index (χ1v) is 9.02. The summed E-state index contributed by atoms with van der Waals surface area (Å²) in [4.78, 5) is 26.0. The number of carbonyl (C=O) groups is 2. The molecular formula is C20H18BrNO4. The second-order valence-corrected chi connectivity index (χ2v) is 6.84. The number of aromatic hydroxyl groups is 1. The first-order chi connectivity index (χ1) is 12.5. The molecule has 26 heavy (non-hydrogen) atoms. The van der Waals surface area contributed by atoms with Gasteiger partial charge in [0.15, 0.2) is 6.61 Å². The molecule has 2 aromatic rings. The van der Waals surface area contributed by atoms with Crippen LogP contribution in [0.25, 0.3) is 5.57 Å². The van der Waals surface area contributed by atoms with Gasteiger partial charge in [-0.3, -0.25) is 4.79 Å². The van der Waals surface area contributed by atoms with Crippen LogP contribution in [0.4, 0.5) is 0 Å². The molecule has 1 amide bonds. The van der Waals surface area contributed by atoms with E-state index in [1.165, 1.54) is 17.7 Å². The van der Waals surface area contributed by atoms with E-state index in [1.54, 1.807) is 11.0 Å². The van der Waals surface area contributed by atoms with E-state index in [-0.39, 0.29) is 23.8 Å². The Morgan fingerprint density at radius 2 is 1.92 bits per heavy atom. The lowest BCUT2D eigenvalue weighted by Crippen LogP contribution is -2.37. The number of hydrogen-bond acceptors (Lipinski definition) is 4.